The Bertz CT molecular complexity index is 857. The molecule has 0 aliphatic heterocycles. The lowest BCUT2D eigenvalue weighted by Gasteiger charge is -2.09. The predicted molar refractivity (Wildman–Crippen MR) is 113 cm³/mol. The number of hydrogen-bond acceptors (Lipinski definition) is 4. The summed E-state index contributed by atoms with van der Waals surface area (Å²) in [4.78, 5) is 15.9. The molecule has 27 heavy (non-hydrogen) atoms. The van der Waals surface area contributed by atoms with Gasteiger partial charge >= 0.3 is 6.03 Å². The molecule has 2 amide bonds. The monoisotopic (exact) mass is 398 g/mol. The fourth-order valence-corrected chi connectivity index (χ4v) is 3.12. The van der Waals surface area contributed by atoms with Crippen LogP contribution in [0, 0.1) is 0 Å². The molecule has 0 aliphatic rings. The number of nitrogens with one attached hydrogen (secondary N) is 3. The van der Waals surface area contributed by atoms with Crippen LogP contribution in [0.3, 0.4) is 0 Å². The first-order valence-electron chi connectivity index (χ1n) is 8.35. The Hall–Kier alpha value is -2.70. The normalized spacial score (nSPS) is 10.3. The molecule has 0 radical (unpaired) electrons. The van der Waals surface area contributed by atoms with E-state index in [2.05, 4.69) is 20.3 Å². The van der Waals surface area contributed by atoms with Gasteiger partial charge in [0.25, 0.3) is 0 Å². The molecule has 0 aliphatic carbocycles. The minimum atomic E-state index is -0.246. The van der Waals surface area contributed by atoms with Gasteiger partial charge in [0.15, 0.2) is 0 Å². The number of carbonyl (C=O) groups excluding carboxylic acids is 1. The van der Waals surface area contributed by atoms with Gasteiger partial charge in [-0.3, -0.25) is 4.98 Å². The second kappa shape index (κ2) is 9.85. The van der Waals surface area contributed by atoms with Gasteiger partial charge in [-0.2, -0.15) is 0 Å². The van der Waals surface area contributed by atoms with Gasteiger partial charge in [0.1, 0.15) is 0 Å². The smallest absolute Gasteiger partial charge is 0.319 e. The number of hydrogen-bond donors (Lipinski definition) is 3. The lowest BCUT2D eigenvalue weighted by Crippen LogP contribution is -2.28. The van der Waals surface area contributed by atoms with Crippen molar-refractivity contribution in [2.45, 2.75) is 12.3 Å². The number of carbonyl (C=O) groups is 1. The highest BCUT2D eigenvalue weighted by atomic mass is 35.5. The lowest BCUT2D eigenvalue weighted by atomic mass is 10.2. The number of rotatable bonds is 7. The van der Waals surface area contributed by atoms with Crippen LogP contribution in [0.15, 0.2) is 73.1 Å². The highest BCUT2D eigenvalue weighted by Crippen LogP contribution is 2.20. The van der Waals surface area contributed by atoms with Gasteiger partial charge in [0.05, 0.1) is 0 Å². The molecule has 0 saturated heterocycles. The topological polar surface area (TPSA) is 66.0 Å². The van der Waals surface area contributed by atoms with Gasteiger partial charge in [0, 0.05) is 41.1 Å². The Balaban J connectivity index is 1.41. The Morgan fingerprint density at radius 3 is 2.26 bits per heavy atom. The van der Waals surface area contributed by atoms with Gasteiger partial charge in [-0.25, -0.2) is 4.79 Å². The first-order chi connectivity index (χ1) is 13.2. The van der Waals surface area contributed by atoms with Crippen LogP contribution in [0.1, 0.15) is 11.1 Å². The maximum absolute atomic E-state index is 12.0. The lowest BCUT2D eigenvalue weighted by molar-refractivity contribution is 0.251. The van der Waals surface area contributed by atoms with Crippen molar-refractivity contribution in [1.82, 2.24) is 10.3 Å². The van der Waals surface area contributed by atoms with Crippen molar-refractivity contribution >= 4 is 41.0 Å². The number of benzene rings is 2. The molecule has 0 spiro atoms. The number of anilines is 2. The molecule has 3 aromatic rings. The van der Waals surface area contributed by atoms with E-state index < -0.39 is 0 Å². The van der Waals surface area contributed by atoms with E-state index in [0.29, 0.717) is 6.54 Å². The van der Waals surface area contributed by atoms with E-state index in [1.807, 2.05) is 60.7 Å². The summed E-state index contributed by atoms with van der Waals surface area (Å²) in [6.07, 6.45) is 3.40. The van der Waals surface area contributed by atoms with Crippen LogP contribution < -0.4 is 15.4 Å². The Labute approximate surface area is 167 Å². The van der Waals surface area contributed by atoms with Crippen LogP contribution in [0.5, 0.6) is 0 Å². The first kappa shape index (κ1) is 19.1. The molecule has 3 N–H and O–H groups in total. The van der Waals surface area contributed by atoms with E-state index in [1.165, 1.54) is 5.56 Å². The third-order valence-electron chi connectivity index (χ3n) is 3.69. The second-order valence-corrected chi connectivity index (χ2v) is 6.98. The number of urea groups is 1. The summed E-state index contributed by atoms with van der Waals surface area (Å²) in [6, 6.07) is 18.8. The molecular weight excluding hydrogens is 380 g/mol. The van der Waals surface area contributed by atoms with E-state index in [-0.39, 0.29) is 6.03 Å². The van der Waals surface area contributed by atoms with Crippen molar-refractivity contribution in [3.63, 3.8) is 0 Å². The predicted octanol–water partition coefficient (Wildman–Crippen LogP) is 5.32. The third kappa shape index (κ3) is 6.51. The highest BCUT2D eigenvalue weighted by Gasteiger charge is 2.02. The highest BCUT2D eigenvalue weighted by molar-refractivity contribution is 7.99. The van der Waals surface area contributed by atoms with Crippen molar-refractivity contribution < 1.29 is 4.79 Å². The fourth-order valence-electron chi connectivity index (χ4n) is 2.26. The fraction of sp³-hybridized carbons (Fsp3) is 0.100. The first-order valence-corrected chi connectivity index (χ1v) is 9.71. The van der Waals surface area contributed by atoms with Gasteiger partial charge < -0.3 is 15.4 Å². The van der Waals surface area contributed by atoms with E-state index in [0.717, 1.165) is 27.7 Å². The molecule has 0 fully saturated rings. The number of nitrogens with zero attached hydrogens (tertiary/aromatic N) is 1. The van der Waals surface area contributed by atoms with Crippen LogP contribution >= 0.6 is 23.5 Å². The maximum Gasteiger partial charge on any atom is 0.319 e. The summed E-state index contributed by atoms with van der Waals surface area (Å²) < 4.78 is 3.28. The van der Waals surface area contributed by atoms with E-state index in [9.17, 15) is 4.79 Å². The van der Waals surface area contributed by atoms with E-state index >= 15 is 0 Å². The number of pyridine rings is 1. The van der Waals surface area contributed by atoms with E-state index in [4.69, 9.17) is 11.6 Å². The average Bonchev–Trinajstić information content (AvgIpc) is 2.70. The third-order valence-corrected chi connectivity index (χ3v) is 4.80. The summed E-state index contributed by atoms with van der Waals surface area (Å²) in [5.41, 5.74) is 3.89. The Kier molecular flexibility index (Phi) is 6.96. The average molecular weight is 399 g/mol. The maximum atomic E-state index is 12.0. The van der Waals surface area contributed by atoms with Crippen molar-refractivity contribution in [3.05, 3.63) is 89.2 Å². The molecule has 0 atom stereocenters. The molecule has 1 aromatic heterocycles. The van der Waals surface area contributed by atoms with Crippen LogP contribution in [-0.4, -0.2) is 11.0 Å². The summed E-state index contributed by atoms with van der Waals surface area (Å²) in [7, 11) is 0. The van der Waals surface area contributed by atoms with Gasteiger partial charge in [0.2, 0.25) is 0 Å². The molecule has 2 aromatic carbocycles. The SMILES string of the molecule is O=C(NCc1ccncc1)Nc1ccc(NSCc2ccc(Cl)cc2)cc1. The Morgan fingerprint density at radius 1 is 0.889 bits per heavy atom. The molecule has 3 rings (SSSR count). The standard InChI is InChI=1S/C20H19ClN4OS/c21-17-3-1-16(2-4-17)14-27-25-19-7-5-18(6-8-19)24-20(26)23-13-15-9-11-22-12-10-15/h1-12,25H,13-14H2,(H2,23,24,26). The second-order valence-electron chi connectivity index (χ2n) is 5.76. The van der Waals surface area contributed by atoms with Crippen LogP contribution in [0.25, 0.3) is 0 Å². The molecule has 0 unspecified atom stereocenters. The zero-order chi connectivity index (χ0) is 18.9. The molecule has 138 valence electrons. The zero-order valence-corrected chi connectivity index (χ0v) is 16.1. The van der Waals surface area contributed by atoms with Crippen molar-refractivity contribution in [2.24, 2.45) is 0 Å². The minimum absolute atomic E-state index is 0.246. The van der Waals surface area contributed by atoms with Crippen molar-refractivity contribution in [1.29, 1.82) is 0 Å². The largest absolute Gasteiger partial charge is 0.334 e. The van der Waals surface area contributed by atoms with Gasteiger partial charge in [-0.1, -0.05) is 23.7 Å². The summed E-state index contributed by atoms with van der Waals surface area (Å²) in [5.74, 6) is 0.828. The van der Waals surface area contributed by atoms with Crippen molar-refractivity contribution in [3.8, 4) is 0 Å². The van der Waals surface area contributed by atoms with E-state index in [1.54, 1.807) is 24.3 Å². The van der Waals surface area contributed by atoms with Crippen LogP contribution in [-0.2, 0) is 12.3 Å². The Morgan fingerprint density at radius 2 is 1.56 bits per heavy atom. The number of amides is 2. The molecular formula is C20H19ClN4OS. The van der Waals surface area contributed by atoms with Crippen LogP contribution in [0.4, 0.5) is 16.2 Å². The number of aromatic nitrogens is 1. The quantitative estimate of drug-likeness (QED) is 0.471. The molecule has 0 saturated carbocycles. The van der Waals surface area contributed by atoms with Gasteiger partial charge in [-0.15, -0.1) is 0 Å². The summed E-state index contributed by atoms with van der Waals surface area (Å²) in [6.45, 7) is 0.454. The van der Waals surface area contributed by atoms with Gasteiger partial charge in [-0.05, 0) is 71.6 Å². The minimum Gasteiger partial charge on any atom is -0.334 e. The van der Waals surface area contributed by atoms with Crippen LogP contribution in [0.2, 0.25) is 5.02 Å². The van der Waals surface area contributed by atoms with Crippen molar-refractivity contribution in [2.75, 3.05) is 10.0 Å². The molecule has 5 nitrogen and oxygen atoms in total. The summed E-state index contributed by atoms with van der Waals surface area (Å²) >= 11 is 7.48. The summed E-state index contributed by atoms with van der Waals surface area (Å²) in [5, 5.41) is 6.37. The zero-order valence-electron chi connectivity index (χ0n) is 14.5. The molecule has 0 bridgehead atoms. The molecule has 7 heteroatoms. The molecule has 1 heterocycles. The number of halogens is 1.